The van der Waals surface area contributed by atoms with E-state index in [2.05, 4.69) is 160 Å². The smallest absolute Gasteiger partial charge is 0.334 e. The van der Waals surface area contributed by atoms with E-state index in [1.807, 2.05) is 0 Å². The maximum absolute atomic E-state index is 14.3. The van der Waals surface area contributed by atoms with Crippen LogP contribution in [0.4, 0.5) is 35.9 Å². The fourth-order valence-corrected chi connectivity index (χ4v) is 12.9. The molecule has 0 bridgehead atoms. The van der Waals surface area contributed by atoms with Gasteiger partial charge in [-0.2, -0.15) is 13.2 Å². The molecular weight excluding hydrogens is 758 g/mol. The topological polar surface area (TPSA) is 6.48 Å². The summed E-state index contributed by atoms with van der Waals surface area (Å²) in [5.74, 6) is 0. The molecule has 2 fully saturated rings. The van der Waals surface area contributed by atoms with Crippen molar-refractivity contribution in [2.24, 2.45) is 0 Å². The number of rotatable bonds is 4. The Bertz CT molecular complexity index is 2900. The zero-order valence-electron chi connectivity index (χ0n) is 35.9. The van der Waals surface area contributed by atoms with Gasteiger partial charge in [0, 0.05) is 33.6 Å². The van der Waals surface area contributed by atoms with Gasteiger partial charge in [-0.25, -0.2) is 0 Å². The first-order valence-electron chi connectivity index (χ1n) is 22.3. The summed E-state index contributed by atoms with van der Waals surface area (Å²) in [6.07, 6.45) is 4.14. The summed E-state index contributed by atoms with van der Waals surface area (Å²) in [4.78, 5) is 5.08. The summed E-state index contributed by atoms with van der Waals surface area (Å²) in [5, 5.41) is 4.69. The van der Waals surface area contributed by atoms with Crippen molar-refractivity contribution < 1.29 is 13.2 Å². The van der Waals surface area contributed by atoms with E-state index in [1.54, 1.807) is 6.07 Å². The number of nitrogens with zero attached hydrogens (tertiary/aromatic N) is 2. The molecule has 0 N–H and O–H groups in total. The van der Waals surface area contributed by atoms with Crippen molar-refractivity contribution in [1.29, 1.82) is 0 Å². The van der Waals surface area contributed by atoms with Gasteiger partial charge < -0.3 is 9.80 Å². The molecule has 11 rings (SSSR count). The van der Waals surface area contributed by atoms with Crippen LogP contribution in [0.5, 0.6) is 0 Å². The first-order chi connectivity index (χ1) is 29.3. The van der Waals surface area contributed by atoms with Crippen LogP contribution in [0.15, 0.2) is 133 Å². The third-order valence-corrected chi connectivity index (χ3v) is 16.4. The second-order valence-corrected chi connectivity index (χ2v) is 19.5. The van der Waals surface area contributed by atoms with Gasteiger partial charge in [-0.05, 0) is 150 Å². The van der Waals surface area contributed by atoms with E-state index in [4.69, 9.17) is 0 Å². The van der Waals surface area contributed by atoms with Gasteiger partial charge in [0.1, 0.15) is 0 Å². The number of halogens is 3. The monoisotopic (exact) mass is 810 g/mol. The Balaban J connectivity index is 1.19. The number of aryl methyl sites for hydroxylation is 1. The largest absolute Gasteiger partial charge is 0.416 e. The van der Waals surface area contributed by atoms with Gasteiger partial charge in [-0.3, -0.25) is 0 Å². The van der Waals surface area contributed by atoms with E-state index in [9.17, 15) is 13.2 Å². The van der Waals surface area contributed by atoms with Crippen LogP contribution in [-0.4, -0.2) is 11.1 Å². The molecule has 0 spiro atoms. The van der Waals surface area contributed by atoms with Gasteiger partial charge in [0.25, 0.3) is 0 Å². The average Bonchev–Trinajstić information content (AvgIpc) is 3.59. The molecule has 2 heterocycles. The van der Waals surface area contributed by atoms with Crippen LogP contribution in [0.1, 0.15) is 101 Å². The van der Waals surface area contributed by atoms with Crippen molar-refractivity contribution in [3.63, 3.8) is 0 Å². The molecule has 2 aliphatic carbocycles. The van der Waals surface area contributed by atoms with E-state index >= 15 is 0 Å². The second-order valence-electron chi connectivity index (χ2n) is 19.5. The SMILES string of the molecule is Cc1ccc2c(c1)C1(C)CCCCC1(C)N2c1ccc2c(-c3ccccc3)c3cc(N4c5ccc(C(F)(F)F)cc5C5(C)CCCCC45C)ccc3c(-c3ccccc3)c2c1. The van der Waals surface area contributed by atoms with Crippen LogP contribution >= 0.6 is 0 Å². The normalized spacial score (nSPS) is 25.7. The first kappa shape index (κ1) is 38.4. The first-order valence-corrected chi connectivity index (χ1v) is 22.3. The minimum absolute atomic E-state index is 0.0341. The number of anilines is 4. The minimum Gasteiger partial charge on any atom is -0.334 e. The Morgan fingerprint density at radius 3 is 1.38 bits per heavy atom. The Labute approximate surface area is 358 Å². The summed E-state index contributed by atoms with van der Waals surface area (Å²) in [5.41, 5.74) is 11.2. The summed E-state index contributed by atoms with van der Waals surface area (Å²) < 4.78 is 42.9. The van der Waals surface area contributed by atoms with Crippen LogP contribution < -0.4 is 9.80 Å². The van der Waals surface area contributed by atoms with Crippen LogP contribution in [0.3, 0.4) is 0 Å². The fourth-order valence-electron chi connectivity index (χ4n) is 12.9. The van der Waals surface area contributed by atoms with Crippen LogP contribution in [0, 0.1) is 6.92 Å². The zero-order chi connectivity index (χ0) is 42.1. The average molecular weight is 811 g/mol. The van der Waals surface area contributed by atoms with Gasteiger partial charge in [0.2, 0.25) is 0 Å². The van der Waals surface area contributed by atoms with Crippen molar-refractivity contribution in [3.05, 3.63) is 156 Å². The molecule has 308 valence electrons. The molecular formula is C56H53F3N2. The minimum atomic E-state index is -4.41. The zero-order valence-corrected chi connectivity index (χ0v) is 35.9. The summed E-state index contributed by atoms with van der Waals surface area (Å²) in [7, 11) is 0. The molecule has 0 saturated heterocycles. The third-order valence-electron chi connectivity index (χ3n) is 16.4. The highest BCUT2D eigenvalue weighted by atomic mass is 19.4. The standard InChI is InChI=1S/C56H53F3N2/c1-36-20-26-48-46(32-36)52(2)28-12-14-30-54(52,4)60(48)40-22-24-42-44(34-40)50(37-16-8-6-9-17-37)43-25-23-41(35-45(43)51(42)38-18-10-7-11-19-38)61-49-27-21-39(56(57,58)59)33-47(49)53(3)29-13-15-31-55(53,61)5/h6-11,16-27,32-35H,12-15,28-31H2,1-5H3. The van der Waals surface area contributed by atoms with E-state index in [0.29, 0.717) is 0 Å². The number of alkyl halides is 3. The van der Waals surface area contributed by atoms with Crippen LogP contribution in [0.25, 0.3) is 43.8 Å². The maximum atomic E-state index is 14.3. The number of benzene rings is 7. The number of hydrogen-bond donors (Lipinski definition) is 0. The molecule has 2 aliphatic heterocycles. The predicted octanol–water partition coefficient (Wildman–Crippen LogP) is 16.1. The van der Waals surface area contributed by atoms with E-state index in [0.717, 1.165) is 70.9 Å². The van der Waals surface area contributed by atoms with E-state index in [1.165, 1.54) is 75.8 Å². The molecule has 2 saturated carbocycles. The lowest BCUT2D eigenvalue weighted by atomic mass is 9.61. The second kappa shape index (κ2) is 13.2. The lowest BCUT2D eigenvalue weighted by molar-refractivity contribution is -0.137. The summed E-state index contributed by atoms with van der Waals surface area (Å²) in [6, 6.07) is 47.2. The lowest BCUT2D eigenvalue weighted by Gasteiger charge is -2.50. The molecule has 7 aromatic carbocycles. The van der Waals surface area contributed by atoms with Crippen LogP contribution in [-0.2, 0) is 17.0 Å². The molecule has 61 heavy (non-hydrogen) atoms. The van der Waals surface area contributed by atoms with E-state index in [-0.39, 0.29) is 11.0 Å². The van der Waals surface area contributed by atoms with Crippen molar-refractivity contribution in [1.82, 2.24) is 0 Å². The summed E-state index contributed by atoms with van der Waals surface area (Å²) in [6.45, 7) is 11.7. The lowest BCUT2D eigenvalue weighted by Crippen LogP contribution is -2.54. The van der Waals surface area contributed by atoms with Gasteiger partial charge in [0.05, 0.1) is 16.6 Å². The molecule has 4 aliphatic rings. The molecule has 4 atom stereocenters. The third kappa shape index (κ3) is 5.28. The highest BCUT2D eigenvalue weighted by molar-refractivity contribution is 6.22. The molecule has 0 radical (unpaired) electrons. The van der Waals surface area contributed by atoms with Crippen molar-refractivity contribution in [2.45, 2.75) is 114 Å². The van der Waals surface area contributed by atoms with Gasteiger partial charge in [0.15, 0.2) is 0 Å². The quantitative estimate of drug-likeness (QED) is 0.163. The Morgan fingerprint density at radius 2 is 0.902 bits per heavy atom. The molecule has 4 unspecified atom stereocenters. The molecule has 0 amide bonds. The molecule has 7 aromatic rings. The fraction of sp³-hybridized carbons (Fsp3) is 0.321. The Morgan fingerprint density at radius 1 is 0.459 bits per heavy atom. The van der Waals surface area contributed by atoms with Crippen molar-refractivity contribution in [3.8, 4) is 22.3 Å². The van der Waals surface area contributed by atoms with Gasteiger partial charge >= 0.3 is 6.18 Å². The van der Waals surface area contributed by atoms with Crippen molar-refractivity contribution in [2.75, 3.05) is 9.80 Å². The molecule has 5 heteroatoms. The number of hydrogen-bond acceptors (Lipinski definition) is 2. The summed E-state index contributed by atoms with van der Waals surface area (Å²) >= 11 is 0. The van der Waals surface area contributed by atoms with E-state index < -0.39 is 22.7 Å². The van der Waals surface area contributed by atoms with Crippen molar-refractivity contribution >= 4 is 44.3 Å². The van der Waals surface area contributed by atoms with Gasteiger partial charge in [-0.15, -0.1) is 0 Å². The Kier molecular flexibility index (Phi) is 8.32. The maximum Gasteiger partial charge on any atom is 0.416 e. The highest BCUT2D eigenvalue weighted by Gasteiger charge is 2.59. The predicted molar refractivity (Wildman–Crippen MR) is 248 cm³/mol. The van der Waals surface area contributed by atoms with Crippen LogP contribution in [0.2, 0.25) is 0 Å². The Hall–Kier alpha value is -5.55. The number of fused-ring (bicyclic) bond motifs is 8. The molecule has 0 aromatic heterocycles. The highest BCUT2D eigenvalue weighted by Crippen LogP contribution is 2.63. The van der Waals surface area contributed by atoms with Gasteiger partial charge in [-0.1, -0.05) is 130 Å². The molecule has 2 nitrogen and oxygen atoms in total.